The Hall–Kier alpha value is -2.00. The van der Waals surface area contributed by atoms with Crippen LogP contribution in [0.2, 0.25) is 5.02 Å². The van der Waals surface area contributed by atoms with Gasteiger partial charge in [-0.25, -0.2) is 4.79 Å². The van der Waals surface area contributed by atoms with Gasteiger partial charge in [0.2, 0.25) is 0 Å². The summed E-state index contributed by atoms with van der Waals surface area (Å²) in [4.78, 5) is 10.9. The van der Waals surface area contributed by atoms with Crippen LogP contribution >= 0.6 is 11.6 Å². The Morgan fingerprint density at radius 1 is 1.21 bits per heavy atom. The molecule has 0 bridgehead atoms. The van der Waals surface area contributed by atoms with Crippen molar-refractivity contribution < 1.29 is 14.6 Å². The molecule has 4 heteroatoms. The van der Waals surface area contributed by atoms with E-state index in [9.17, 15) is 4.79 Å². The normalized spacial score (nSPS) is 10.2. The summed E-state index contributed by atoms with van der Waals surface area (Å²) in [5.74, 6) is -0.262. The molecule has 19 heavy (non-hydrogen) atoms. The fourth-order valence-corrected chi connectivity index (χ4v) is 2.12. The van der Waals surface area contributed by atoms with Crippen LogP contribution in [0.3, 0.4) is 0 Å². The van der Waals surface area contributed by atoms with Crippen LogP contribution in [0.25, 0.3) is 11.1 Å². The van der Waals surface area contributed by atoms with Gasteiger partial charge in [0.25, 0.3) is 0 Å². The maximum Gasteiger partial charge on any atom is 0.335 e. The van der Waals surface area contributed by atoms with E-state index in [4.69, 9.17) is 21.4 Å². The summed E-state index contributed by atoms with van der Waals surface area (Å²) in [5.41, 5.74) is 1.78. The van der Waals surface area contributed by atoms with Crippen molar-refractivity contribution in [3.05, 3.63) is 53.1 Å². The van der Waals surface area contributed by atoms with Crippen molar-refractivity contribution in [2.75, 3.05) is 6.61 Å². The monoisotopic (exact) mass is 276 g/mol. The molecule has 0 unspecified atom stereocenters. The Kier molecular flexibility index (Phi) is 4.07. The van der Waals surface area contributed by atoms with Crippen molar-refractivity contribution in [1.82, 2.24) is 0 Å². The summed E-state index contributed by atoms with van der Waals surface area (Å²) in [6, 6.07) is 12.2. The number of benzene rings is 2. The van der Waals surface area contributed by atoms with E-state index in [0.717, 1.165) is 16.9 Å². The first-order chi connectivity index (χ1) is 9.13. The van der Waals surface area contributed by atoms with E-state index in [-0.39, 0.29) is 5.56 Å². The van der Waals surface area contributed by atoms with Crippen molar-refractivity contribution in [2.45, 2.75) is 6.92 Å². The molecule has 0 fully saturated rings. The van der Waals surface area contributed by atoms with Gasteiger partial charge in [-0.2, -0.15) is 0 Å². The van der Waals surface area contributed by atoms with Gasteiger partial charge in [-0.1, -0.05) is 35.9 Å². The maximum atomic E-state index is 10.9. The van der Waals surface area contributed by atoms with E-state index < -0.39 is 5.97 Å². The highest BCUT2D eigenvalue weighted by Gasteiger charge is 2.11. The number of carboxylic acids is 1. The molecule has 0 aliphatic carbocycles. The number of ether oxygens (including phenoxy) is 1. The number of halogens is 1. The number of hydrogen-bond donors (Lipinski definition) is 1. The minimum Gasteiger partial charge on any atom is -0.493 e. The minimum atomic E-state index is -0.994. The molecule has 0 saturated carbocycles. The first-order valence-electron chi connectivity index (χ1n) is 5.88. The zero-order chi connectivity index (χ0) is 13.8. The lowest BCUT2D eigenvalue weighted by atomic mass is 10.0. The molecule has 0 aromatic heterocycles. The number of carboxylic acid groups (broad SMARTS) is 1. The van der Waals surface area contributed by atoms with Gasteiger partial charge in [0.15, 0.2) is 0 Å². The van der Waals surface area contributed by atoms with Gasteiger partial charge in [0.05, 0.1) is 12.2 Å². The number of carbonyl (C=O) groups is 1. The second-order valence-corrected chi connectivity index (χ2v) is 4.34. The lowest BCUT2D eigenvalue weighted by Crippen LogP contribution is -1.97. The quantitative estimate of drug-likeness (QED) is 0.914. The Balaban J connectivity index is 2.50. The molecule has 3 nitrogen and oxygen atoms in total. The average Bonchev–Trinajstić information content (AvgIpc) is 2.40. The third-order valence-electron chi connectivity index (χ3n) is 2.69. The third-order valence-corrected chi connectivity index (χ3v) is 3.01. The molecule has 0 atom stereocenters. The maximum absolute atomic E-state index is 10.9. The van der Waals surface area contributed by atoms with Gasteiger partial charge in [-0.15, -0.1) is 0 Å². The second-order valence-electron chi connectivity index (χ2n) is 3.93. The SMILES string of the molecule is CCOc1ccccc1-c1ccc(C(=O)O)cc1Cl. The highest BCUT2D eigenvalue weighted by molar-refractivity contribution is 6.33. The predicted molar refractivity (Wildman–Crippen MR) is 75.0 cm³/mol. The molecule has 0 saturated heterocycles. The van der Waals surface area contributed by atoms with Gasteiger partial charge in [-0.3, -0.25) is 0 Å². The molecule has 0 spiro atoms. The summed E-state index contributed by atoms with van der Waals surface area (Å²) in [7, 11) is 0. The summed E-state index contributed by atoms with van der Waals surface area (Å²) in [6.07, 6.45) is 0. The zero-order valence-electron chi connectivity index (χ0n) is 10.4. The lowest BCUT2D eigenvalue weighted by Gasteiger charge is -2.11. The molecular weight excluding hydrogens is 264 g/mol. The van der Waals surface area contributed by atoms with Crippen molar-refractivity contribution in [2.24, 2.45) is 0 Å². The van der Waals surface area contributed by atoms with Crippen molar-refractivity contribution >= 4 is 17.6 Å². The van der Waals surface area contributed by atoms with Crippen LogP contribution < -0.4 is 4.74 Å². The van der Waals surface area contributed by atoms with Crippen LogP contribution in [0.4, 0.5) is 0 Å². The Labute approximate surface area is 116 Å². The topological polar surface area (TPSA) is 46.5 Å². The minimum absolute atomic E-state index is 0.169. The number of rotatable bonds is 4. The van der Waals surface area contributed by atoms with Crippen molar-refractivity contribution in [1.29, 1.82) is 0 Å². The van der Waals surface area contributed by atoms with Crippen LogP contribution in [-0.4, -0.2) is 17.7 Å². The largest absolute Gasteiger partial charge is 0.493 e. The van der Waals surface area contributed by atoms with Gasteiger partial charge in [0, 0.05) is 16.1 Å². The van der Waals surface area contributed by atoms with Gasteiger partial charge < -0.3 is 9.84 Å². The molecule has 2 aromatic rings. The van der Waals surface area contributed by atoms with Crippen LogP contribution in [-0.2, 0) is 0 Å². The lowest BCUT2D eigenvalue weighted by molar-refractivity contribution is 0.0697. The standard InChI is InChI=1S/C15H13ClO3/c1-2-19-14-6-4-3-5-12(14)11-8-7-10(15(17)18)9-13(11)16/h3-9H,2H2,1H3,(H,17,18). The van der Waals surface area contributed by atoms with Gasteiger partial charge >= 0.3 is 5.97 Å². The molecule has 2 rings (SSSR count). The van der Waals surface area contributed by atoms with Crippen molar-refractivity contribution in [3.8, 4) is 16.9 Å². The number of aromatic carboxylic acids is 1. The highest BCUT2D eigenvalue weighted by Crippen LogP contribution is 2.35. The Morgan fingerprint density at radius 3 is 2.58 bits per heavy atom. The Bertz CT molecular complexity index is 608. The Morgan fingerprint density at radius 2 is 1.95 bits per heavy atom. The van der Waals surface area contributed by atoms with E-state index in [1.54, 1.807) is 6.07 Å². The summed E-state index contributed by atoms with van der Waals surface area (Å²) >= 11 is 6.16. The fraction of sp³-hybridized carbons (Fsp3) is 0.133. The second kappa shape index (κ2) is 5.76. The highest BCUT2D eigenvalue weighted by atomic mass is 35.5. The van der Waals surface area contributed by atoms with E-state index in [2.05, 4.69) is 0 Å². The molecule has 0 heterocycles. The molecule has 2 aromatic carbocycles. The fourth-order valence-electron chi connectivity index (χ4n) is 1.84. The first-order valence-corrected chi connectivity index (χ1v) is 6.26. The van der Waals surface area contributed by atoms with E-state index >= 15 is 0 Å². The molecule has 0 amide bonds. The van der Waals surface area contributed by atoms with Gasteiger partial charge in [0.1, 0.15) is 5.75 Å². The molecule has 1 N–H and O–H groups in total. The smallest absolute Gasteiger partial charge is 0.335 e. The van der Waals surface area contributed by atoms with Gasteiger partial charge in [-0.05, 0) is 25.1 Å². The van der Waals surface area contributed by atoms with E-state index in [1.165, 1.54) is 12.1 Å². The van der Waals surface area contributed by atoms with Crippen LogP contribution in [0, 0.1) is 0 Å². The number of para-hydroxylation sites is 1. The first kappa shape index (κ1) is 13.4. The van der Waals surface area contributed by atoms with E-state index in [1.807, 2.05) is 31.2 Å². The molecule has 0 aliphatic rings. The molecule has 0 radical (unpaired) electrons. The third kappa shape index (κ3) is 2.88. The zero-order valence-corrected chi connectivity index (χ0v) is 11.1. The summed E-state index contributed by atoms with van der Waals surface area (Å²) in [6.45, 7) is 2.47. The van der Waals surface area contributed by atoms with Crippen LogP contribution in [0.15, 0.2) is 42.5 Å². The predicted octanol–water partition coefficient (Wildman–Crippen LogP) is 4.10. The molecule has 98 valence electrons. The van der Waals surface area contributed by atoms with E-state index in [0.29, 0.717) is 11.6 Å². The number of hydrogen-bond acceptors (Lipinski definition) is 2. The average molecular weight is 277 g/mol. The molecular formula is C15H13ClO3. The molecule has 0 aliphatic heterocycles. The summed E-state index contributed by atoms with van der Waals surface area (Å²) in [5, 5.41) is 9.32. The summed E-state index contributed by atoms with van der Waals surface area (Å²) < 4.78 is 5.55. The van der Waals surface area contributed by atoms with Crippen LogP contribution in [0.1, 0.15) is 17.3 Å². The van der Waals surface area contributed by atoms with Crippen molar-refractivity contribution in [3.63, 3.8) is 0 Å². The van der Waals surface area contributed by atoms with Crippen LogP contribution in [0.5, 0.6) is 5.75 Å².